The lowest BCUT2D eigenvalue weighted by Gasteiger charge is -2.10. The van der Waals surface area contributed by atoms with Crippen LogP contribution in [0.3, 0.4) is 0 Å². The molecule has 17 heavy (non-hydrogen) atoms. The number of hydrogen-bond donors (Lipinski definition) is 1. The third-order valence-electron chi connectivity index (χ3n) is 2.64. The molecule has 0 spiro atoms. The summed E-state index contributed by atoms with van der Waals surface area (Å²) >= 11 is 5.72. The van der Waals surface area contributed by atoms with Gasteiger partial charge in [-0.25, -0.2) is 4.39 Å². The molecule has 4 heteroatoms. The Morgan fingerprint density at radius 1 is 1.35 bits per heavy atom. The van der Waals surface area contributed by atoms with Gasteiger partial charge in [-0.15, -0.1) is 0 Å². The van der Waals surface area contributed by atoms with Crippen LogP contribution in [0.4, 0.5) is 4.39 Å². The Bertz CT molecular complexity index is 508. The number of rotatable bonds is 4. The fraction of sp³-hybridized carbons (Fsp3) is 0.231. The number of nitrogens with one attached hydrogen (secondary N) is 1. The summed E-state index contributed by atoms with van der Waals surface area (Å²) in [7, 11) is 1.89. The molecule has 1 N–H and O–H groups in total. The molecule has 0 bridgehead atoms. The summed E-state index contributed by atoms with van der Waals surface area (Å²) in [5.74, 6) is -0.262. The third kappa shape index (κ3) is 2.87. The van der Waals surface area contributed by atoms with Gasteiger partial charge in [0.2, 0.25) is 0 Å². The fourth-order valence-electron chi connectivity index (χ4n) is 1.78. The Hall–Kier alpha value is -1.32. The molecule has 0 unspecified atom stereocenters. The van der Waals surface area contributed by atoms with Gasteiger partial charge in [0.15, 0.2) is 0 Å². The standard InChI is InChI=1S/C13H14ClFN2/c1-16-8-12-3-2-6-17(12)9-10-4-5-11(14)7-13(10)15/h2-7,16H,8-9H2,1H3. The van der Waals surface area contributed by atoms with Crippen molar-refractivity contribution in [2.75, 3.05) is 7.05 Å². The van der Waals surface area contributed by atoms with Gasteiger partial charge >= 0.3 is 0 Å². The summed E-state index contributed by atoms with van der Waals surface area (Å²) in [4.78, 5) is 0. The lowest BCUT2D eigenvalue weighted by molar-refractivity contribution is 0.593. The summed E-state index contributed by atoms with van der Waals surface area (Å²) in [6, 6.07) is 8.75. The predicted octanol–water partition coefficient (Wildman–Crippen LogP) is 3.05. The van der Waals surface area contributed by atoms with E-state index in [-0.39, 0.29) is 5.82 Å². The largest absolute Gasteiger partial charge is 0.346 e. The molecule has 2 nitrogen and oxygen atoms in total. The van der Waals surface area contributed by atoms with E-state index in [2.05, 4.69) is 5.32 Å². The Balaban J connectivity index is 2.22. The van der Waals surface area contributed by atoms with Crippen LogP contribution >= 0.6 is 11.6 Å². The smallest absolute Gasteiger partial charge is 0.129 e. The van der Waals surface area contributed by atoms with Gasteiger partial charge in [0, 0.05) is 29.0 Å². The zero-order valence-corrected chi connectivity index (χ0v) is 10.3. The average Bonchev–Trinajstić information content (AvgIpc) is 2.71. The summed E-state index contributed by atoms with van der Waals surface area (Å²) in [6.07, 6.45) is 1.95. The normalized spacial score (nSPS) is 10.8. The van der Waals surface area contributed by atoms with Gasteiger partial charge in [0.25, 0.3) is 0 Å². The lowest BCUT2D eigenvalue weighted by Crippen LogP contribution is -2.11. The first-order chi connectivity index (χ1) is 8.20. The minimum Gasteiger partial charge on any atom is -0.346 e. The highest BCUT2D eigenvalue weighted by molar-refractivity contribution is 6.30. The molecule has 1 aromatic carbocycles. The van der Waals surface area contributed by atoms with Crippen molar-refractivity contribution in [2.45, 2.75) is 13.1 Å². The molecule has 2 aromatic rings. The van der Waals surface area contributed by atoms with Gasteiger partial charge in [-0.05, 0) is 31.3 Å². The first kappa shape index (κ1) is 12.1. The van der Waals surface area contributed by atoms with Gasteiger partial charge in [-0.2, -0.15) is 0 Å². The average molecular weight is 253 g/mol. The number of benzene rings is 1. The molecule has 0 aliphatic carbocycles. The summed E-state index contributed by atoms with van der Waals surface area (Å²) in [5, 5.41) is 3.51. The molecular weight excluding hydrogens is 239 g/mol. The summed E-state index contributed by atoms with van der Waals surface area (Å²) in [6.45, 7) is 1.29. The van der Waals surface area contributed by atoms with E-state index in [1.54, 1.807) is 12.1 Å². The van der Waals surface area contributed by atoms with Gasteiger partial charge < -0.3 is 9.88 Å². The van der Waals surface area contributed by atoms with Crippen LogP contribution in [-0.2, 0) is 13.1 Å². The second kappa shape index (κ2) is 5.34. The monoisotopic (exact) mass is 252 g/mol. The van der Waals surface area contributed by atoms with Crippen molar-refractivity contribution < 1.29 is 4.39 Å². The van der Waals surface area contributed by atoms with Crippen molar-refractivity contribution in [3.63, 3.8) is 0 Å². The molecule has 1 heterocycles. The summed E-state index contributed by atoms with van der Waals surface area (Å²) < 4.78 is 15.7. The van der Waals surface area contributed by atoms with E-state index < -0.39 is 0 Å². The highest BCUT2D eigenvalue weighted by Crippen LogP contribution is 2.16. The zero-order chi connectivity index (χ0) is 12.3. The second-order valence-electron chi connectivity index (χ2n) is 3.89. The minimum absolute atomic E-state index is 0.262. The van der Waals surface area contributed by atoms with E-state index in [9.17, 15) is 4.39 Å². The van der Waals surface area contributed by atoms with Crippen molar-refractivity contribution >= 4 is 11.6 Å². The molecule has 0 aliphatic heterocycles. The Kier molecular flexibility index (Phi) is 3.82. The molecule has 0 amide bonds. The highest BCUT2D eigenvalue weighted by Gasteiger charge is 2.06. The SMILES string of the molecule is CNCc1cccn1Cc1ccc(Cl)cc1F. The molecule has 0 saturated carbocycles. The molecular formula is C13H14ClFN2. The van der Waals surface area contributed by atoms with Gasteiger partial charge in [-0.3, -0.25) is 0 Å². The number of hydrogen-bond acceptors (Lipinski definition) is 1. The van der Waals surface area contributed by atoms with Crippen LogP contribution in [0.25, 0.3) is 0 Å². The highest BCUT2D eigenvalue weighted by atomic mass is 35.5. The van der Waals surface area contributed by atoms with Crippen molar-refractivity contribution in [1.29, 1.82) is 0 Å². The van der Waals surface area contributed by atoms with Gasteiger partial charge in [-0.1, -0.05) is 17.7 Å². The predicted molar refractivity (Wildman–Crippen MR) is 67.7 cm³/mol. The van der Waals surface area contributed by atoms with Crippen LogP contribution in [-0.4, -0.2) is 11.6 Å². The number of nitrogens with zero attached hydrogens (tertiary/aromatic N) is 1. The van der Waals surface area contributed by atoms with Crippen LogP contribution in [0.2, 0.25) is 5.02 Å². The maximum Gasteiger partial charge on any atom is 0.129 e. The first-order valence-electron chi connectivity index (χ1n) is 5.43. The Morgan fingerprint density at radius 3 is 2.88 bits per heavy atom. The van der Waals surface area contributed by atoms with Crippen LogP contribution in [0.5, 0.6) is 0 Å². The Morgan fingerprint density at radius 2 is 2.18 bits per heavy atom. The summed E-state index contributed by atoms with van der Waals surface area (Å²) in [5.41, 5.74) is 1.77. The van der Waals surface area contributed by atoms with Crippen molar-refractivity contribution in [2.24, 2.45) is 0 Å². The van der Waals surface area contributed by atoms with Crippen molar-refractivity contribution in [3.8, 4) is 0 Å². The van der Waals surface area contributed by atoms with E-state index in [0.29, 0.717) is 17.1 Å². The molecule has 0 radical (unpaired) electrons. The van der Waals surface area contributed by atoms with Crippen molar-refractivity contribution in [1.82, 2.24) is 9.88 Å². The van der Waals surface area contributed by atoms with Gasteiger partial charge in [0.1, 0.15) is 5.82 Å². The quantitative estimate of drug-likeness (QED) is 0.885. The van der Waals surface area contributed by atoms with E-state index in [1.807, 2.05) is 29.9 Å². The van der Waals surface area contributed by atoms with E-state index in [1.165, 1.54) is 6.07 Å². The Labute approximate surface area is 105 Å². The topological polar surface area (TPSA) is 17.0 Å². The molecule has 0 saturated heterocycles. The zero-order valence-electron chi connectivity index (χ0n) is 9.58. The van der Waals surface area contributed by atoms with E-state index >= 15 is 0 Å². The van der Waals surface area contributed by atoms with Crippen molar-refractivity contribution in [3.05, 3.63) is 58.6 Å². The van der Waals surface area contributed by atoms with Crippen LogP contribution in [0.15, 0.2) is 36.5 Å². The molecule has 0 atom stereocenters. The maximum atomic E-state index is 13.6. The molecule has 0 fully saturated rings. The molecule has 1 aromatic heterocycles. The minimum atomic E-state index is -0.262. The van der Waals surface area contributed by atoms with Crippen LogP contribution < -0.4 is 5.32 Å². The second-order valence-corrected chi connectivity index (χ2v) is 4.33. The molecule has 2 rings (SSSR count). The lowest BCUT2D eigenvalue weighted by atomic mass is 10.2. The third-order valence-corrected chi connectivity index (χ3v) is 2.87. The van der Waals surface area contributed by atoms with Crippen LogP contribution in [0.1, 0.15) is 11.3 Å². The fourth-order valence-corrected chi connectivity index (χ4v) is 1.94. The van der Waals surface area contributed by atoms with E-state index in [4.69, 9.17) is 11.6 Å². The first-order valence-corrected chi connectivity index (χ1v) is 5.81. The van der Waals surface area contributed by atoms with Crippen LogP contribution in [0, 0.1) is 5.82 Å². The number of halogens is 2. The van der Waals surface area contributed by atoms with Gasteiger partial charge in [0.05, 0.1) is 6.54 Å². The molecule has 0 aliphatic rings. The molecule has 90 valence electrons. The maximum absolute atomic E-state index is 13.6. The van der Waals surface area contributed by atoms with E-state index in [0.717, 1.165) is 12.2 Å². The number of aromatic nitrogens is 1.